The van der Waals surface area contributed by atoms with Crippen LogP contribution in [0, 0.1) is 0 Å². The van der Waals surface area contributed by atoms with Gasteiger partial charge in [-0.2, -0.15) is 0 Å². The largest absolute Gasteiger partial charge is 0.381 e. The van der Waals surface area contributed by atoms with E-state index in [1.807, 2.05) is 44.2 Å². The summed E-state index contributed by atoms with van der Waals surface area (Å²) in [6, 6.07) is 7.80. The van der Waals surface area contributed by atoms with Crippen LogP contribution in [0.5, 0.6) is 0 Å². The smallest absolute Gasteiger partial charge is 0.0406 e. The van der Waals surface area contributed by atoms with Gasteiger partial charge in [0.1, 0.15) is 0 Å². The van der Waals surface area contributed by atoms with E-state index in [2.05, 4.69) is 11.9 Å². The van der Waals surface area contributed by atoms with E-state index in [-0.39, 0.29) is 0 Å². The van der Waals surface area contributed by atoms with E-state index in [9.17, 15) is 0 Å². The number of nitrogens with one attached hydrogen (secondary N) is 1. The minimum absolute atomic E-state index is 0.766. The Morgan fingerprint density at radius 3 is 2.53 bits per heavy atom. The zero-order chi connectivity index (χ0) is 11.3. The predicted octanol–water partition coefficient (Wildman–Crippen LogP) is 3.91. The summed E-state index contributed by atoms with van der Waals surface area (Å²) in [5.41, 5.74) is 3.33. The molecule has 0 aliphatic carbocycles. The van der Waals surface area contributed by atoms with Gasteiger partial charge in [-0.05, 0) is 37.1 Å². The molecule has 0 radical (unpaired) electrons. The van der Waals surface area contributed by atoms with E-state index >= 15 is 0 Å². The highest BCUT2D eigenvalue weighted by atomic mass is 35.5. The highest BCUT2D eigenvalue weighted by Crippen LogP contribution is 2.10. The molecule has 1 nitrogen and oxygen atoms in total. The monoisotopic (exact) mass is 221 g/mol. The van der Waals surface area contributed by atoms with Crippen molar-refractivity contribution in [3.63, 3.8) is 0 Å². The van der Waals surface area contributed by atoms with Crippen LogP contribution in [0.25, 0.3) is 0 Å². The fourth-order valence-corrected chi connectivity index (χ4v) is 1.25. The fourth-order valence-electron chi connectivity index (χ4n) is 1.12. The molecule has 0 unspecified atom stereocenters. The Labute approximate surface area is 96.5 Å². The Balaban J connectivity index is 2.51. The zero-order valence-corrected chi connectivity index (χ0v) is 9.93. The Hall–Kier alpha value is -1.21. The van der Waals surface area contributed by atoms with Crippen LogP contribution in [-0.2, 0) is 6.54 Å². The molecule has 0 aliphatic rings. The lowest BCUT2D eigenvalue weighted by molar-refractivity contribution is 0.822. The van der Waals surface area contributed by atoms with Crippen LogP contribution in [-0.4, -0.2) is 0 Å². The lowest BCUT2D eigenvalue weighted by Crippen LogP contribution is -2.12. The maximum absolute atomic E-state index is 5.80. The Bertz CT molecular complexity index is 363. The molecule has 0 saturated carbocycles. The van der Waals surface area contributed by atoms with Gasteiger partial charge in [-0.15, -0.1) is 0 Å². The topological polar surface area (TPSA) is 12.0 Å². The van der Waals surface area contributed by atoms with Gasteiger partial charge in [0.25, 0.3) is 0 Å². The van der Waals surface area contributed by atoms with Gasteiger partial charge in [0.05, 0.1) is 0 Å². The first-order valence-corrected chi connectivity index (χ1v) is 5.31. The molecule has 1 N–H and O–H groups in total. The van der Waals surface area contributed by atoms with Crippen LogP contribution >= 0.6 is 11.6 Å². The van der Waals surface area contributed by atoms with Crippen molar-refractivity contribution in [2.75, 3.05) is 0 Å². The molecule has 1 aromatic rings. The molecule has 1 aromatic carbocycles. The normalized spacial score (nSPS) is 11.3. The first kappa shape index (κ1) is 11.9. The molecule has 2 heteroatoms. The van der Waals surface area contributed by atoms with Crippen molar-refractivity contribution in [2.24, 2.45) is 0 Å². The highest BCUT2D eigenvalue weighted by Gasteiger charge is 1.96. The summed E-state index contributed by atoms with van der Waals surface area (Å²) >= 11 is 5.80. The van der Waals surface area contributed by atoms with Crippen molar-refractivity contribution in [3.05, 3.63) is 58.8 Å². The molecule has 0 fully saturated rings. The third-order valence-electron chi connectivity index (χ3n) is 2.33. The molecular weight excluding hydrogens is 206 g/mol. The Kier molecular flexibility index (Phi) is 4.44. The summed E-state index contributed by atoms with van der Waals surface area (Å²) in [4.78, 5) is 0. The average molecular weight is 222 g/mol. The Morgan fingerprint density at radius 1 is 1.40 bits per heavy atom. The first-order chi connectivity index (χ1) is 7.13. The molecule has 0 bridgehead atoms. The quantitative estimate of drug-likeness (QED) is 0.761. The first-order valence-electron chi connectivity index (χ1n) is 4.94. The van der Waals surface area contributed by atoms with E-state index in [0.29, 0.717) is 0 Å². The Morgan fingerprint density at radius 2 is 2.00 bits per heavy atom. The molecule has 1 rings (SSSR count). The minimum atomic E-state index is 0.766. The minimum Gasteiger partial charge on any atom is -0.381 e. The molecule has 0 spiro atoms. The van der Waals surface area contributed by atoms with Crippen LogP contribution in [0.15, 0.2) is 48.2 Å². The van der Waals surface area contributed by atoms with Gasteiger partial charge < -0.3 is 5.32 Å². The summed E-state index contributed by atoms with van der Waals surface area (Å²) in [6.45, 7) is 8.77. The maximum atomic E-state index is 5.80. The standard InChI is InChI=1S/C13H16ClN/c1-4-10(2)11(3)15-9-12-5-7-13(14)8-6-12/h4-8,15H,3,9H2,1-2H3/b10-4+. The van der Waals surface area contributed by atoms with Gasteiger partial charge in [0.15, 0.2) is 0 Å². The number of rotatable bonds is 4. The van der Waals surface area contributed by atoms with Crippen LogP contribution in [0.4, 0.5) is 0 Å². The number of hydrogen-bond acceptors (Lipinski definition) is 1. The summed E-state index contributed by atoms with van der Waals surface area (Å²) in [6.07, 6.45) is 2.04. The van der Waals surface area contributed by atoms with Crippen LogP contribution < -0.4 is 5.32 Å². The molecule has 0 saturated heterocycles. The third-order valence-corrected chi connectivity index (χ3v) is 2.58. The van der Waals surface area contributed by atoms with Gasteiger partial charge in [-0.25, -0.2) is 0 Å². The number of benzene rings is 1. The van der Waals surface area contributed by atoms with Crippen molar-refractivity contribution in [1.29, 1.82) is 0 Å². The maximum Gasteiger partial charge on any atom is 0.0406 e. The molecule has 0 aromatic heterocycles. The van der Waals surface area contributed by atoms with Crippen LogP contribution in [0.3, 0.4) is 0 Å². The second-order valence-corrected chi connectivity index (χ2v) is 3.87. The molecule has 0 amide bonds. The second-order valence-electron chi connectivity index (χ2n) is 3.43. The van der Waals surface area contributed by atoms with Gasteiger partial charge in [-0.1, -0.05) is 36.4 Å². The third kappa shape index (κ3) is 3.80. The number of allylic oxidation sites excluding steroid dienone is 2. The van der Waals surface area contributed by atoms with E-state index in [1.54, 1.807) is 0 Å². The van der Waals surface area contributed by atoms with Crippen LogP contribution in [0.2, 0.25) is 5.02 Å². The molecule has 0 aliphatic heterocycles. The number of hydrogen-bond donors (Lipinski definition) is 1. The van der Waals surface area contributed by atoms with Crippen molar-refractivity contribution in [2.45, 2.75) is 20.4 Å². The zero-order valence-electron chi connectivity index (χ0n) is 9.18. The molecule has 0 heterocycles. The van der Waals surface area contributed by atoms with Crippen molar-refractivity contribution in [1.82, 2.24) is 5.32 Å². The van der Waals surface area contributed by atoms with Gasteiger partial charge in [-0.3, -0.25) is 0 Å². The molecular formula is C13H16ClN. The van der Waals surface area contributed by atoms with Crippen molar-refractivity contribution in [3.8, 4) is 0 Å². The predicted molar refractivity (Wildman–Crippen MR) is 66.9 cm³/mol. The van der Waals surface area contributed by atoms with Crippen molar-refractivity contribution >= 4 is 11.6 Å². The number of halogens is 1. The lowest BCUT2D eigenvalue weighted by Gasteiger charge is -2.09. The van der Waals surface area contributed by atoms with Gasteiger partial charge in [0, 0.05) is 17.3 Å². The summed E-state index contributed by atoms with van der Waals surface area (Å²) in [5, 5.41) is 4.03. The van der Waals surface area contributed by atoms with E-state index in [0.717, 1.165) is 17.3 Å². The second kappa shape index (κ2) is 5.62. The fraction of sp³-hybridized carbons (Fsp3) is 0.231. The van der Waals surface area contributed by atoms with Gasteiger partial charge >= 0.3 is 0 Å². The van der Waals surface area contributed by atoms with Crippen molar-refractivity contribution < 1.29 is 0 Å². The molecule has 15 heavy (non-hydrogen) atoms. The van der Waals surface area contributed by atoms with Gasteiger partial charge in [0.2, 0.25) is 0 Å². The summed E-state index contributed by atoms with van der Waals surface area (Å²) < 4.78 is 0. The van der Waals surface area contributed by atoms with E-state index in [1.165, 1.54) is 11.1 Å². The van der Waals surface area contributed by atoms with E-state index < -0.39 is 0 Å². The van der Waals surface area contributed by atoms with Crippen LogP contribution in [0.1, 0.15) is 19.4 Å². The highest BCUT2D eigenvalue weighted by molar-refractivity contribution is 6.30. The lowest BCUT2D eigenvalue weighted by atomic mass is 10.2. The summed E-state index contributed by atoms with van der Waals surface area (Å²) in [5.74, 6) is 0. The SMILES string of the molecule is C=C(NCc1ccc(Cl)cc1)/C(C)=C/C. The molecule has 80 valence electrons. The van der Waals surface area contributed by atoms with E-state index in [4.69, 9.17) is 11.6 Å². The molecule has 0 atom stereocenters. The summed E-state index contributed by atoms with van der Waals surface area (Å²) in [7, 11) is 0. The average Bonchev–Trinajstić information content (AvgIpc) is 2.26.